The number of rotatable bonds is 5. The highest BCUT2D eigenvalue weighted by Crippen LogP contribution is 2.44. The van der Waals surface area contributed by atoms with Gasteiger partial charge in [0.1, 0.15) is 5.75 Å². The quantitative estimate of drug-likeness (QED) is 0.674. The van der Waals surface area contributed by atoms with E-state index in [0.717, 1.165) is 12.8 Å². The van der Waals surface area contributed by atoms with Crippen LogP contribution in [0.2, 0.25) is 0 Å². The Morgan fingerprint density at radius 2 is 2.28 bits per heavy atom. The molecule has 0 unspecified atom stereocenters. The van der Waals surface area contributed by atoms with Gasteiger partial charge in [-0.2, -0.15) is 0 Å². The highest BCUT2D eigenvalue weighted by atomic mass is 16.5. The first-order valence-corrected chi connectivity index (χ1v) is 5.93. The van der Waals surface area contributed by atoms with E-state index in [9.17, 15) is 9.90 Å². The third-order valence-electron chi connectivity index (χ3n) is 3.42. The molecule has 0 saturated heterocycles. The monoisotopic (exact) mass is 250 g/mol. The number of nitrogen functional groups attached to an aromatic ring is 1. The van der Waals surface area contributed by atoms with E-state index in [4.69, 9.17) is 10.5 Å². The van der Waals surface area contributed by atoms with Crippen LogP contribution >= 0.6 is 0 Å². The molecule has 1 aromatic rings. The van der Waals surface area contributed by atoms with Gasteiger partial charge in [-0.15, -0.1) is 0 Å². The first-order chi connectivity index (χ1) is 8.60. The zero-order valence-corrected chi connectivity index (χ0v) is 10.4. The second-order valence-electron chi connectivity index (χ2n) is 4.79. The van der Waals surface area contributed by atoms with E-state index in [2.05, 4.69) is 5.32 Å². The minimum atomic E-state index is -0.213. The Hall–Kier alpha value is -1.75. The van der Waals surface area contributed by atoms with Crippen LogP contribution in [0.5, 0.6) is 5.75 Å². The Bertz CT molecular complexity index is 456. The number of ether oxygens (including phenoxy) is 1. The second-order valence-corrected chi connectivity index (χ2v) is 4.79. The fourth-order valence-electron chi connectivity index (χ4n) is 1.81. The van der Waals surface area contributed by atoms with Crippen molar-refractivity contribution in [2.75, 3.05) is 26.0 Å². The van der Waals surface area contributed by atoms with E-state index in [-0.39, 0.29) is 17.9 Å². The molecule has 0 heterocycles. The molecule has 0 bridgehead atoms. The zero-order chi connectivity index (χ0) is 13.2. The second kappa shape index (κ2) is 4.86. The van der Waals surface area contributed by atoms with E-state index in [1.165, 1.54) is 0 Å². The van der Waals surface area contributed by atoms with Crippen molar-refractivity contribution >= 4 is 11.6 Å². The molecule has 1 fully saturated rings. The number of benzene rings is 1. The topological polar surface area (TPSA) is 84.6 Å². The third kappa shape index (κ3) is 2.56. The number of amides is 1. The number of nitrogens with one attached hydrogen (secondary N) is 1. The third-order valence-corrected chi connectivity index (χ3v) is 3.42. The number of aliphatic hydroxyl groups is 1. The van der Waals surface area contributed by atoms with Crippen LogP contribution in [0.15, 0.2) is 18.2 Å². The summed E-state index contributed by atoms with van der Waals surface area (Å²) in [6.45, 7) is 0.610. The van der Waals surface area contributed by atoms with Crippen molar-refractivity contribution in [3.63, 3.8) is 0 Å². The normalized spacial score (nSPS) is 16.1. The molecular weight excluding hydrogens is 232 g/mol. The van der Waals surface area contributed by atoms with Gasteiger partial charge in [-0.25, -0.2) is 0 Å². The van der Waals surface area contributed by atoms with Gasteiger partial charge in [0.2, 0.25) is 0 Å². The molecule has 1 saturated carbocycles. The van der Waals surface area contributed by atoms with Crippen molar-refractivity contribution in [2.45, 2.75) is 12.8 Å². The van der Waals surface area contributed by atoms with Crippen LogP contribution in [-0.4, -0.2) is 31.3 Å². The predicted molar refractivity (Wildman–Crippen MR) is 68.5 cm³/mol. The average molecular weight is 250 g/mol. The maximum Gasteiger partial charge on any atom is 0.253 e. The van der Waals surface area contributed by atoms with Crippen molar-refractivity contribution in [3.05, 3.63) is 23.8 Å². The van der Waals surface area contributed by atoms with Gasteiger partial charge in [0, 0.05) is 23.7 Å². The van der Waals surface area contributed by atoms with E-state index in [0.29, 0.717) is 23.5 Å². The lowest BCUT2D eigenvalue weighted by Crippen LogP contribution is -2.32. The van der Waals surface area contributed by atoms with Crippen molar-refractivity contribution in [1.29, 1.82) is 0 Å². The van der Waals surface area contributed by atoms with Gasteiger partial charge in [0.15, 0.2) is 0 Å². The minimum Gasteiger partial charge on any atom is -0.497 e. The van der Waals surface area contributed by atoms with Gasteiger partial charge in [-0.1, -0.05) is 0 Å². The van der Waals surface area contributed by atoms with Crippen LogP contribution in [0.4, 0.5) is 5.69 Å². The highest BCUT2D eigenvalue weighted by molar-refractivity contribution is 5.99. The smallest absolute Gasteiger partial charge is 0.253 e. The van der Waals surface area contributed by atoms with Crippen LogP contribution < -0.4 is 15.8 Å². The zero-order valence-electron chi connectivity index (χ0n) is 10.4. The molecule has 18 heavy (non-hydrogen) atoms. The van der Waals surface area contributed by atoms with Gasteiger partial charge in [0.25, 0.3) is 5.91 Å². The molecule has 5 nitrogen and oxygen atoms in total. The van der Waals surface area contributed by atoms with Crippen LogP contribution in [0.25, 0.3) is 0 Å². The summed E-state index contributed by atoms with van der Waals surface area (Å²) >= 11 is 0. The van der Waals surface area contributed by atoms with E-state index in [1.54, 1.807) is 25.3 Å². The molecule has 1 amide bonds. The lowest BCUT2D eigenvalue weighted by Gasteiger charge is -2.13. The van der Waals surface area contributed by atoms with Crippen molar-refractivity contribution in [1.82, 2.24) is 5.32 Å². The average Bonchev–Trinajstić information content (AvgIpc) is 3.16. The fraction of sp³-hybridized carbons (Fsp3) is 0.462. The maximum absolute atomic E-state index is 11.9. The first-order valence-electron chi connectivity index (χ1n) is 5.93. The standard InChI is InChI=1S/C13H18N2O3/c1-18-9-2-3-10(11(14)6-9)12(17)15-7-13(8-16)4-5-13/h2-3,6,16H,4-5,7-8,14H2,1H3,(H,15,17). The lowest BCUT2D eigenvalue weighted by molar-refractivity contribution is 0.0936. The van der Waals surface area contributed by atoms with Gasteiger partial charge >= 0.3 is 0 Å². The highest BCUT2D eigenvalue weighted by Gasteiger charge is 2.42. The van der Waals surface area contributed by atoms with Gasteiger partial charge in [0.05, 0.1) is 19.3 Å². The van der Waals surface area contributed by atoms with Crippen molar-refractivity contribution < 1.29 is 14.6 Å². The molecule has 0 atom stereocenters. The Balaban J connectivity index is 2.00. The number of carbonyl (C=O) groups excluding carboxylic acids is 1. The molecule has 0 radical (unpaired) electrons. The largest absolute Gasteiger partial charge is 0.497 e. The molecular formula is C13H18N2O3. The van der Waals surface area contributed by atoms with Crippen LogP contribution in [-0.2, 0) is 0 Å². The molecule has 2 rings (SSSR count). The van der Waals surface area contributed by atoms with Crippen molar-refractivity contribution in [3.8, 4) is 5.75 Å². The summed E-state index contributed by atoms with van der Waals surface area (Å²) in [7, 11) is 1.55. The number of anilines is 1. The maximum atomic E-state index is 11.9. The molecule has 4 N–H and O–H groups in total. The SMILES string of the molecule is COc1ccc(C(=O)NCC2(CO)CC2)c(N)c1. The summed E-state index contributed by atoms with van der Waals surface area (Å²) in [5.74, 6) is 0.410. The Labute approximate surface area is 106 Å². The van der Waals surface area contributed by atoms with Crippen LogP contribution in [0.1, 0.15) is 23.2 Å². The minimum absolute atomic E-state index is 0.100. The number of aliphatic hydroxyl groups excluding tert-OH is 1. The molecule has 98 valence electrons. The molecule has 1 aromatic carbocycles. The number of carbonyl (C=O) groups is 1. The van der Waals surface area contributed by atoms with Gasteiger partial charge in [-0.05, 0) is 25.0 Å². The Kier molecular flexibility index (Phi) is 3.43. The summed E-state index contributed by atoms with van der Waals surface area (Å²) in [5, 5.41) is 12.0. The molecule has 1 aliphatic rings. The molecule has 5 heteroatoms. The molecule has 0 aliphatic heterocycles. The first kappa shape index (κ1) is 12.7. The number of hydrogen-bond donors (Lipinski definition) is 3. The van der Waals surface area contributed by atoms with Crippen LogP contribution in [0.3, 0.4) is 0 Å². The van der Waals surface area contributed by atoms with E-state index < -0.39 is 0 Å². The Morgan fingerprint density at radius 1 is 1.56 bits per heavy atom. The fourth-order valence-corrected chi connectivity index (χ4v) is 1.81. The summed E-state index contributed by atoms with van der Waals surface area (Å²) in [6, 6.07) is 4.96. The predicted octanol–water partition coefficient (Wildman–Crippen LogP) is 0.780. The summed E-state index contributed by atoms with van der Waals surface area (Å²) in [4.78, 5) is 11.9. The molecule has 1 aliphatic carbocycles. The summed E-state index contributed by atoms with van der Waals surface area (Å²) < 4.78 is 5.03. The van der Waals surface area contributed by atoms with Gasteiger partial charge < -0.3 is 20.9 Å². The number of hydrogen-bond acceptors (Lipinski definition) is 4. The lowest BCUT2D eigenvalue weighted by atomic mass is 10.1. The van der Waals surface area contributed by atoms with Gasteiger partial charge in [-0.3, -0.25) is 4.79 Å². The number of nitrogens with two attached hydrogens (primary N) is 1. The van der Waals surface area contributed by atoms with Crippen LogP contribution in [0, 0.1) is 5.41 Å². The summed E-state index contributed by atoms with van der Waals surface area (Å²) in [5.41, 5.74) is 6.52. The van der Waals surface area contributed by atoms with E-state index in [1.807, 2.05) is 0 Å². The number of methoxy groups -OCH3 is 1. The summed E-state index contributed by atoms with van der Waals surface area (Å²) in [6.07, 6.45) is 1.92. The molecule has 0 spiro atoms. The Morgan fingerprint density at radius 3 is 2.78 bits per heavy atom. The van der Waals surface area contributed by atoms with Crippen molar-refractivity contribution in [2.24, 2.45) is 5.41 Å². The molecule has 0 aromatic heterocycles. The van der Waals surface area contributed by atoms with E-state index >= 15 is 0 Å².